The molecule has 0 aliphatic rings. The summed E-state index contributed by atoms with van der Waals surface area (Å²) in [6.07, 6.45) is 3.44. The molecule has 0 saturated heterocycles. The lowest BCUT2D eigenvalue weighted by molar-refractivity contribution is 0.628. The van der Waals surface area contributed by atoms with Gasteiger partial charge in [0.2, 0.25) is 0 Å². The summed E-state index contributed by atoms with van der Waals surface area (Å²) in [4.78, 5) is 13.5. The fourth-order valence-electron chi connectivity index (χ4n) is 2.96. The van der Waals surface area contributed by atoms with Crippen LogP contribution in [0.1, 0.15) is 18.5 Å². The van der Waals surface area contributed by atoms with Gasteiger partial charge in [0.25, 0.3) is 0 Å². The van der Waals surface area contributed by atoms with Gasteiger partial charge in [0.15, 0.2) is 5.82 Å². The van der Waals surface area contributed by atoms with Crippen molar-refractivity contribution in [1.82, 2.24) is 15.0 Å². The monoisotopic (exact) mass is 370 g/mol. The van der Waals surface area contributed by atoms with Crippen LogP contribution in [0.2, 0.25) is 0 Å². The lowest BCUT2D eigenvalue weighted by Gasteiger charge is -2.16. The molecule has 1 unspecified atom stereocenters. The Morgan fingerprint density at radius 1 is 0.857 bits per heavy atom. The zero-order valence-corrected chi connectivity index (χ0v) is 15.4. The molecule has 0 amide bonds. The van der Waals surface area contributed by atoms with Crippen molar-refractivity contribution in [2.45, 2.75) is 13.0 Å². The number of rotatable bonds is 5. The van der Waals surface area contributed by atoms with Crippen LogP contribution in [-0.4, -0.2) is 15.0 Å². The van der Waals surface area contributed by atoms with Crippen LogP contribution in [0.3, 0.4) is 0 Å². The predicted molar refractivity (Wildman–Crippen MR) is 109 cm³/mol. The number of pyridine rings is 1. The molecular weight excluding hydrogens is 351 g/mol. The number of aromatic nitrogens is 3. The van der Waals surface area contributed by atoms with Crippen molar-refractivity contribution in [1.29, 1.82) is 0 Å². The van der Waals surface area contributed by atoms with Gasteiger partial charge in [0.05, 0.1) is 5.69 Å². The fourth-order valence-corrected chi connectivity index (χ4v) is 2.96. The molecule has 4 nitrogen and oxygen atoms in total. The van der Waals surface area contributed by atoms with Crippen molar-refractivity contribution in [3.63, 3.8) is 0 Å². The Kier molecular flexibility index (Phi) is 5.06. The number of nitrogens with one attached hydrogen (secondary N) is 1. The first-order valence-corrected chi connectivity index (χ1v) is 9.06. The van der Waals surface area contributed by atoms with Crippen LogP contribution in [0.4, 0.5) is 10.2 Å². The normalized spacial score (nSPS) is 11.8. The molecule has 4 aromatic rings. The first kappa shape index (κ1) is 17.8. The molecule has 0 radical (unpaired) electrons. The number of hydrogen-bond donors (Lipinski definition) is 1. The lowest BCUT2D eigenvalue weighted by atomic mass is 10.1. The van der Waals surface area contributed by atoms with Crippen LogP contribution in [0.5, 0.6) is 0 Å². The second-order valence-corrected chi connectivity index (χ2v) is 6.49. The fraction of sp³-hybridized carbons (Fsp3) is 0.0870. The molecule has 0 saturated carbocycles. The highest BCUT2D eigenvalue weighted by molar-refractivity contribution is 5.67. The quantitative estimate of drug-likeness (QED) is 0.503. The molecule has 1 atom stereocenters. The summed E-state index contributed by atoms with van der Waals surface area (Å²) in [5, 5.41) is 3.44. The van der Waals surface area contributed by atoms with Gasteiger partial charge in [-0.1, -0.05) is 30.3 Å². The summed E-state index contributed by atoms with van der Waals surface area (Å²) in [5.41, 5.74) is 3.52. The van der Waals surface area contributed by atoms with Crippen LogP contribution < -0.4 is 5.32 Å². The third-order valence-corrected chi connectivity index (χ3v) is 4.45. The summed E-state index contributed by atoms with van der Waals surface area (Å²) in [6, 6.07) is 22.2. The maximum atomic E-state index is 13.3. The standard InChI is InChI=1S/C23H19FN4/c1-16(17-6-3-2-4-7-17)26-22-14-21(18-9-11-20(24)12-10-18)27-23(28-22)19-8-5-13-25-15-19/h2-16H,1H3,(H,26,27,28). The molecule has 0 fully saturated rings. The van der Waals surface area contributed by atoms with Crippen LogP contribution in [0, 0.1) is 5.82 Å². The molecule has 5 heteroatoms. The number of hydrogen-bond acceptors (Lipinski definition) is 4. The van der Waals surface area contributed by atoms with Gasteiger partial charge in [-0.15, -0.1) is 0 Å². The SMILES string of the molecule is CC(Nc1cc(-c2ccc(F)cc2)nc(-c2cccnc2)n1)c1ccccc1. The molecular formula is C23H19FN4. The smallest absolute Gasteiger partial charge is 0.163 e. The van der Waals surface area contributed by atoms with Gasteiger partial charge >= 0.3 is 0 Å². The van der Waals surface area contributed by atoms with Crippen LogP contribution in [0.15, 0.2) is 85.2 Å². The maximum absolute atomic E-state index is 13.3. The van der Waals surface area contributed by atoms with Crippen molar-refractivity contribution in [2.75, 3.05) is 5.32 Å². The topological polar surface area (TPSA) is 50.7 Å². The van der Waals surface area contributed by atoms with Gasteiger partial charge in [0, 0.05) is 35.6 Å². The molecule has 4 rings (SSSR count). The average molecular weight is 370 g/mol. The van der Waals surface area contributed by atoms with E-state index in [1.54, 1.807) is 24.5 Å². The van der Waals surface area contributed by atoms with E-state index in [4.69, 9.17) is 0 Å². The van der Waals surface area contributed by atoms with Gasteiger partial charge in [-0.2, -0.15) is 0 Å². The Hall–Kier alpha value is -3.60. The van der Waals surface area contributed by atoms with Gasteiger partial charge in [-0.3, -0.25) is 4.98 Å². The van der Waals surface area contributed by atoms with E-state index in [2.05, 4.69) is 39.3 Å². The van der Waals surface area contributed by atoms with E-state index in [9.17, 15) is 4.39 Å². The number of halogens is 1. The predicted octanol–water partition coefficient (Wildman–Crippen LogP) is 5.52. The molecule has 0 spiro atoms. The van der Waals surface area contributed by atoms with E-state index in [0.717, 1.165) is 22.4 Å². The number of nitrogens with zero attached hydrogens (tertiary/aromatic N) is 3. The Bertz CT molecular complexity index is 1050. The Balaban J connectivity index is 1.74. The molecule has 1 N–H and O–H groups in total. The minimum Gasteiger partial charge on any atom is -0.363 e. The summed E-state index contributed by atoms with van der Waals surface area (Å²) in [7, 11) is 0. The number of benzene rings is 2. The minimum atomic E-state index is -0.277. The van der Waals surface area contributed by atoms with E-state index in [1.807, 2.05) is 36.4 Å². The molecule has 2 aromatic heterocycles. The Labute approximate surface area is 163 Å². The van der Waals surface area contributed by atoms with Crippen molar-refractivity contribution in [3.05, 3.63) is 96.6 Å². The highest BCUT2D eigenvalue weighted by Gasteiger charge is 2.12. The van der Waals surface area contributed by atoms with Crippen molar-refractivity contribution in [2.24, 2.45) is 0 Å². The molecule has 138 valence electrons. The molecule has 0 aliphatic carbocycles. The van der Waals surface area contributed by atoms with Crippen LogP contribution in [0.25, 0.3) is 22.6 Å². The first-order chi connectivity index (χ1) is 13.7. The third-order valence-electron chi connectivity index (χ3n) is 4.45. The molecule has 28 heavy (non-hydrogen) atoms. The van der Waals surface area contributed by atoms with E-state index < -0.39 is 0 Å². The summed E-state index contributed by atoms with van der Waals surface area (Å²) >= 11 is 0. The van der Waals surface area contributed by atoms with Gasteiger partial charge < -0.3 is 5.32 Å². The van der Waals surface area contributed by atoms with Gasteiger partial charge in [-0.05, 0) is 48.9 Å². The molecule has 0 aliphatic heterocycles. The van der Waals surface area contributed by atoms with Crippen molar-refractivity contribution >= 4 is 5.82 Å². The Morgan fingerprint density at radius 3 is 2.36 bits per heavy atom. The molecule has 2 heterocycles. The largest absolute Gasteiger partial charge is 0.363 e. The highest BCUT2D eigenvalue weighted by atomic mass is 19.1. The summed E-state index contributed by atoms with van der Waals surface area (Å²) in [5.74, 6) is 0.989. The van der Waals surface area contributed by atoms with E-state index in [1.165, 1.54) is 12.1 Å². The second kappa shape index (κ2) is 7.96. The zero-order valence-electron chi connectivity index (χ0n) is 15.4. The lowest BCUT2D eigenvalue weighted by Crippen LogP contribution is -2.09. The van der Waals surface area contributed by atoms with Crippen LogP contribution >= 0.6 is 0 Å². The van der Waals surface area contributed by atoms with Crippen LogP contribution in [-0.2, 0) is 0 Å². The van der Waals surface area contributed by atoms with Gasteiger partial charge in [-0.25, -0.2) is 14.4 Å². The highest BCUT2D eigenvalue weighted by Crippen LogP contribution is 2.26. The molecule has 2 aromatic carbocycles. The molecule has 0 bridgehead atoms. The summed E-state index contributed by atoms with van der Waals surface area (Å²) < 4.78 is 13.3. The van der Waals surface area contributed by atoms with E-state index >= 15 is 0 Å². The van der Waals surface area contributed by atoms with Crippen molar-refractivity contribution in [3.8, 4) is 22.6 Å². The third kappa shape index (κ3) is 4.04. The second-order valence-electron chi connectivity index (χ2n) is 6.49. The van der Waals surface area contributed by atoms with Gasteiger partial charge in [0.1, 0.15) is 11.6 Å². The minimum absolute atomic E-state index is 0.0684. The average Bonchev–Trinajstić information content (AvgIpc) is 2.75. The van der Waals surface area contributed by atoms with E-state index in [0.29, 0.717) is 11.6 Å². The summed E-state index contributed by atoms with van der Waals surface area (Å²) in [6.45, 7) is 2.08. The number of anilines is 1. The zero-order chi connectivity index (χ0) is 19.3. The first-order valence-electron chi connectivity index (χ1n) is 9.06. The Morgan fingerprint density at radius 2 is 1.64 bits per heavy atom. The maximum Gasteiger partial charge on any atom is 0.163 e. The van der Waals surface area contributed by atoms with E-state index in [-0.39, 0.29) is 11.9 Å². The van der Waals surface area contributed by atoms with Crippen molar-refractivity contribution < 1.29 is 4.39 Å².